The van der Waals surface area contributed by atoms with Crippen molar-refractivity contribution in [1.82, 2.24) is 20.3 Å². The summed E-state index contributed by atoms with van der Waals surface area (Å²) >= 11 is 12.8. The Morgan fingerprint density at radius 1 is 1.12 bits per heavy atom. The van der Waals surface area contributed by atoms with Crippen molar-refractivity contribution in [3.8, 4) is 11.1 Å². The molecule has 1 aliphatic rings. The fourth-order valence-corrected chi connectivity index (χ4v) is 5.80. The fourth-order valence-electron chi connectivity index (χ4n) is 3.39. The van der Waals surface area contributed by atoms with E-state index in [-0.39, 0.29) is 26.3 Å². The number of allylic oxidation sites excluding steroid dienone is 2. The maximum Gasteiger partial charge on any atom is 0.264 e. The number of halogens is 2. The van der Waals surface area contributed by atoms with Gasteiger partial charge in [0.25, 0.3) is 10.0 Å². The van der Waals surface area contributed by atoms with Crippen LogP contribution in [0.15, 0.2) is 46.8 Å². The van der Waals surface area contributed by atoms with Crippen LogP contribution in [0.5, 0.6) is 0 Å². The molecule has 1 saturated heterocycles. The smallest absolute Gasteiger partial charge is 0.264 e. The van der Waals surface area contributed by atoms with E-state index in [4.69, 9.17) is 28.6 Å². The number of pyridine rings is 1. The lowest BCUT2D eigenvalue weighted by molar-refractivity contribution is 0.585. The van der Waals surface area contributed by atoms with Gasteiger partial charge < -0.3 is 20.9 Å². The van der Waals surface area contributed by atoms with Crippen LogP contribution >= 0.6 is 23.2 Å². The van der Waals surface area contributed by atoms with Crippen LogP contribution in [0.3, 0.4) is 0 Å². The first-order valence-corrected chi connectivity index (χ1v) is 12.3. The van der Waals surface area contributed by atoms with Crippen LogP contribution in [0.1, 0.15) is 13.8 Å². The molecule has 3 rings (SSSR count). The lowest BCUT2D eigenvalue weighted by Crippen LogP contribution is -2.43. The monoisotopic (exact) mass is 496 g/mol. The third-order valence-electron chi connectivity index (χ3n) is 5.15. The summed E-state index contributed by atoms with van der Waals surface area (Å²) in [5.41, 5.74) is 2.21. The minimum Gasteiger partial charge on any atom is -0.390 e. The van der Waals surface area contributed by atoms with Crippen LogP contribution in [0.4, 0.5) is 5.82 Å². The van der Waals surface area contributed by atoms with E-state index < -0.39 is 10.0 Å². The minimum absolute atomic E-state index is 0.00960. The maximum atomic E-state index is 13.1. The van der Waals surface area contributed by atoms with Gasteiger partial charge in [-0.1, -0.05) is 23.2 Å². The third kappa shape index (κ3) is 5.35. The van der Waals surface area contributed by atoms with Crippen molar-refractivity contribution < 1.29 is 8.42 Å². The Labute approximate surface area is 198 Å². The van der Waals surface area contributed by atoms with E-state index in [1.165, 1.54) is 6.92 Å². The summed E-state index contributed by atoms with van der Waals surface area (Å²) in [6.45, 7) is 6.65. The Kier molecular flexibility index (Phi) is 7.66. The lowest BCUT2D eigenvalue weighted by atomic mass is 10.1. The molecule has 0 atom stereocenters. The molecule has 8 nitrogen and oxygen atoms in total. The molecule has 1 aromatic carbocycles. The molecule has 172 valence electrons. The Morgan fingerprint density at radius 3 is 2.31 bits per heavy atom. The summed E-state index contributed by atoms with van der Waals surface area (Å²) in [4.78, 5) is 6.41. The second-order valence-corrected chi connectivity index (χ2v) is 9.82. The summed E-state index contributed by atoms with van der Waals surface area (Å²) in [6.07, 6.45) is 1.71. The van der Waals surface area contributed by atoms with Gasteiger partial charge in [0, 0.05) is 45.1 Å². The second-order valence-electron chi connectivity index (χ2n) is 7.39. The first-order valence-electron chi connectivity index (χ1n) is 10.0. The highest BCUT2D eigenvalue weighted by molar-refractivity contribution is 7.90. The van der Waals surface area contributed by atoms with Crippen molar-refractivity contribution in [2.24, 2.45) is 0 Å². The fraction of sp³-hybridized carbons (Fsp3) is 0.333. The third-order valence-corrected chi connectivity index (χ3v) is 7.42. The quantitative estimate of drug-likeness (QED) is 0.438. The number of anilines is 1. The van der Waals surface area contributed by atoms with Gasteiger partial charge in [0.1, 0.15) is 10.7 Å². The SMILES string of the molecule is CN/C(C)=C(/NS(=O)(=O)c1c(Cl)cc(-c2ccnc(N3CCNCC3)c2)cc1Cl)C(C)=N. The average molecular weight is 497 g/mol. The van der Waals surface area contributed by atoms with Crippen molar-refractivity contribution in [2.75, 3.05) is 38.1 Å². The van der Waals surface area contributed by atoms with Gasteiger partial charge in [0.15, 0.2) is 0 Å². The van der Waals surface area contributed by atoms with E-state index in [1.54, 1.807) is 32.3 Å². The number of nitrogens with zero attached hydrogens (tertiary/aromatic N) is 2. The first kappa shape index (κ1) is 24.3. The Bertz CT molecular complexity index is 1140. The molecule has 0 spiro atoms. The zero-order chi connectivity index (χ0) is 23.5. The summed E-state index contributed by atoms with van der Waals surface area (Å²) in [6, 6.07) is 6.92. The zero-order valence-electron chi connectivity index (χ0n) is 18.1. The van der Waals surface area contributed by atoms with E-state index in [0.717, 1.165) is 37.6 Å². The predicted octanol–water partition coefficient (Wildman–Crippen LogP) is 3.23. The second kappa shape index (κ2) is 10.1. The number of nitrogens with one attached hydrogen (secondary N) is 4. The number of hydrogen-bond acceptors (Lipinski definition) is 7. The number of hydrogen-bond donors (Lipinski definition) is 4. The summed E-state index contributed by atoms with van der Waals surface area (Å²) < 4.78 is 28.5. The van der Waals surface area contributed by atoms with Crippen LogP contribution in [0.25, 0.3) is 11.1 Å². The Morgan fingerprint density at radius 2 is 1.75 bits per heavy atom. The first-order chi connectivity index (χ1) is 15.1. The molecule has 2 heterocycles. The van der Waals surface area contributed by atoms with Crippen LogP contribution in [-0.2, 0) is 10.0 Å². The number of rotatable bonds is 7. The van der Waals surface area contributed by atoms with Crippen LogP contribution < -0.4 is 20.3 Å². The minimum atomic E-state index is -4.13. The van der Waals surface area contributed by atoms with Crippen molar-refractivity contribution in [2.45, 2.75) is 18.7 Å². The Balaban J connectivity index is 1.97. The number of sulfonamides is 1. The number of aromatic nitrogens is 1. The number of benzene rings is 1. The van der Waals surface area contributed by atoms with Gasteiger partial charge >= 0.3 is 0 Å². The number of piperazine rings is 1. The van der Waals surface area contributed by atoms with Crippen molar-refractivity contribution >= 4 is 44.8 Å². The van der Waals surface area contributed by atoms with Crippen LogP contribution in [0, 0.1) is 5.41 Å². The normalized spacial score (nSPS) is 15.2. The molecule has 0 unspecified atom stereocenters. The molecule has 2 aromatic rings. The molecule has 0 saturated carbocycles. The summed E-state index contributed by atoms with van der Waals surface area (Å²) in [5.74, 6) is 0.841. The average Bonchev–Trinajstić information content (AvgIpc) is 2.77. The van der Waals surface area contributed by atoms with Gasteiger partial charge in [0.05, 0.1) is 21.5 Å². The molecular weight excluding hydrogens is 471 g/mol. The van der Waals surface area contributed by atoms with Gasteiger partial charge in [-0.15, -0.1) is 0 Å². The molecule has 1 fully saturated rings. The Hall–Kier alpha value is -2.33. The topological polar surface area (TPSA) is 110 Å². The van der Waals surface area contributed by atoms with Crippen LogP contribution in [0.2, 0.25) is 10.0 Å². The molecule has 11 heteroatoms. The standard InChI is InChI=1S/C21H26Cl2N6O2S/c1-13(24)20(14(2)25-3)28-32(30,31)21-17(22)10-16(11-18(21)23)15-4-5-27-19(12-15)29-8-6-26-7-9-29/h4-5,10-12,24-26,28H,6-9H2,1-3H3/b20-14+,24-13?. The van der Waals surface area contributed by atoms with Crippen molar-refractivity contribution in [1.29, 1.82) is 5.41 Å². The summed E-state index contributed by atoms with van der Waals surface area (Å²) in [5, 5.41) is 14.0. The van der Waals surface area contributed by atoms with Gasteiger partial charge in [0.2, 0.25) is 0 Å². The van der Waals surface area contributed by atoms with E-state index >= 15 is 0 Å². The van der Waals surface area contributed by atoms with E-state index in [0.29, 0.717) is 11.3 Å². The van der Waals surface area contributed by atoms with Gasteiger partial charge in [-0.2, -0.15) is 0 Å². The molecular formula is C21H26Cl2N6O2S. The van der Waals surface area contributed by atoms with Crippen molar-refractivity contribution in [3.63, 3.8) is 0 Å². The highest BCUT2D eigenvalue weighted by Crippen LogP contribution is 2.35. The van der Waals surface area contributed by atoms with E-state index in [9.17, 15) is 8.42 Å². The highest BCUT2D eigenvalue weighted by atomic mass is 35.5. The predicted molar refractivity (Wildman–Crippen MR) is 130 cm³/mol. The molecule has 0 amide bonds. The van der Waals surface area contributed by atoms with E-state index in [1.807, 2.05) is 12.1 Å². The maximum absolute atomic E-state index is 13.1. The van der Waals surface area contributed by atoms with Gasteiger partial charge in [-0.3, -0.25) is 4.72 Å². The highest BCUT2D eigenvalue weighted by Gasteiger charge is 2.25. The molecule has 0 bridgehead atoms. The van der Waals surface area contributed by atoms with Gasteiger partial charge in [-0.25, -0.2) is 13.4 Å². The lowest BCUT2D eigenvalue weighted by Gasteiger charge is -2.28. The summed E-state index contributed by atoms with van der Waals surface area (Å²) in [7, 11) is -2.48. The zero-order valence-corrected chi connectivity index (χ0v) is 20.4. The molecule has 1 aliphatic heterocycles. The molecule has 0 radical (unpaired) electrons. The molecule has 32 heavy (non-hydrogen) atoms. The molecule has 1 aromatic heterocycles. The van der Waals surface area contributed by atoms with Gasteiger partial charge in [-0.05, 0) is 49.2 Å². The van der Waals surface area contributed by atoms with E-state index in [2.05, 4.69) is 25.2 Å². The van der Waals surface area contributed by atoms with Crippen molar-refractivity contribution in [3.05, 3.63) is 51.9 Å². The molecule has 0 aliphatic carbocycles. The largest absolute Gasteiger partial charge is 0.390 e. The van der Waals surface area contributed by atoms with Crippen LogP contribution in [-0.4, -0.2) is 52.3 Å². The molecule has 4 N–H and O–H groups in total.